The highest BCUT2D eigenvalue weighted by Crippen LogP contribution is 2.34. The molecule has 6 nitrogen and oxygen atoms in total. The fourth-order valence-electron chi connectivity index (χ4n) is 4.12. The topological polar surface area (TPSA) is 56.1 Å². The first-order chi connectivity index (χ1) is 12.2. The first-order valence-corrected chi connectivity index (χ1v) is 9.34. The number of likely N-dealkylation sites (tertiary alicyclic amines) is 1. The fraction of sp³-hybridized carbons (Fsp3) is 0.632. The molecular formula is C19H27N5O. The lowest BCUT2D eigenvalue weighted by molar-refractivity contribution is 0.0594. The number of rotatable bonds is 5. The summed E-state index contributed by atoms with van der Waals surface area (Å²) in [7, 11) is 0. The summed E-state index contributed by atoms with van der Waals surface area (Å²) in [6, 6.07) is 10.9. The first-order valence-electron chi connectivity index (χ1n) is 9.34. The van der Waals surface area contributed by atoms with Gasteiger partial charge in [0.2, 0.25) is 0 Å². The van der Waals surface area contributed by atoms with E-state index in [1.807, 2.05) is 4.68 Å². The molecule has 0 bridgehead atoms. The van der Waals surface area contributed by atoms with Crippen LogP contribution >= 0.6 is 0 Å². The Kier molecular flexibility index (Phi) is 4.81. The van der Waals surface area contributed by atoms with Gasteiger partial charge in [0.1, 0.15) is 0 Å². The minimum absolute atomic E-state index is 0.222. The summed E-state index contributed by atoms with van der Waals surface area (Å²) in [4.78, 5) is 2.49. The Labute approximate surface area is 149 Å². The molecule has 1 aromatic carbocycles. The van der Waals surface area contributed by atoms with Gasteiger partial charge in [-0.05, 0) is 47.7 Å². The molecule has 25 heavy (non-hydrogen) atoms. The van der Waals surface area contributed by atoms with Gasteiger partial charge in [-0.2, -0.15) is 0 Å². The Morgan fingerprint density at radius 1 is 1.20 bits per heavy atom. The van der Waals surface area contributed by atoms with Gasteiger partial charge in [-0.25, -0.2) is 4.68 Å². The van der Waals surface area contributed by atoms with Gasteiger partial charge in [0.25, 0.3) is 0 Å². The Morgan fingerprint density at radius 2 is 2.00 bits per heavy atom. The largest absolute Gasteiger partial charge is 0.381 e. The predicted octanol–water partition coefficient (Wildman–Crippen LogP) is 2.26. The van der Waals surface area contributed by atoms with Gasteiger partial charge in [-0.15, -0.1) is 5.10 Å². The zero-order valence-corrected chi connectivity index (χ0v) is 15.0. The summed E-state index contributed by atoms with van der Waals surface area (Å²) in [5.41, 5.74) is 1.65. The number of nitrogens with zero attached hydrogens (tertiary/aromatic N) is 5. The molecule has 0 radical (unpaired) electrons. The smallest absolute Gasteiger partial charge is 0.165 e. The number of hydrogen-bond acceptors (Lipinski definition) is 5. The Morgan fingerprint density at radius 3 is 2.80 bits per heavy atom. The van der Waals surface area contributed by atoms with E-state index in [0.29, 0.717) is 5.92 Å². The second-order valence-electron chi connectivity index (χ2n) is 7.72. The molecule has 1 unspecified atom stereocenters. The Balaban J connectivity index is 1.39. The maximum absolute atomic E-state index is 5.45. The molecule has 2 saturated heterocycles. The number of tetrazole rings is 1. The molecule has 2 aromatic rings. The van der Waals surface area contributed by atoms with Crippen LogP contribution in [0.5, 0.6) is 0 Å². The quantitative estimate of drug-likeness (QED) is 0.835. The molecule has 6 heteroatoms. The van der Waals surface area contributed by atoms with Crippen LogP contribution in [-0.2, 0) is 23.2 Å². The van der Waals surface area contributed by atoms with Crippen LogP contribution in [-0.4, -0.2) is 51.4 Å². The molecule has 4 rings (SSSR count). The van der Waals surface area contributed by atoms with Gasteiger partial charge in [0.15, 0.2) is 5.82 Å². The number of benzene rings is 1. The third-order valence-electron chi connectivity index (χ3n) is 5.77. The third-order valence-corrected chi connectivity index (χ3v) is 5.77. The fourth-order valence-corrected chi connectivity index (χ4v) is 4.12. The van der Waals surface area contributed by atoms with E-state index in [4.69, 9.17) is 4.74 Å². The van der Waals surface area contributed by atoms with E-state index in [-0.39, 0.29) is 5.41 Å². The second kappa shape index (κ2) is 7.22. The Hall–Kier alpha value is -1.79. The van der Waals surface area contributed by atoms with Crippen LogP contribution in [0.2, 0.25) is 0 Å². The minimum atomic E-state index is 0.222. The van der Waals surface area contributed by atoms with Crippen molar-refractivity contribution >= 4 is 0 Å². The lowest BCUT2D eigenvalue weighted by Gasteiger charge is -2.25. The van der Waals surface area contributed by atoms with E-state index in [2.05, 4.69) is 57.7 Å². The van der Waals surface area contributed by atoms with Gasteiger partial charge in [0.05, 0.1) is 6.54 Å². The molecule has 134 valence electrons. The summed E-state index contributed by atoms with van der Waals surface area (Å²) < 4.78 is 7.46. The maximum atomic E-state index is 5.45. The summed E-state index contributed by atoms with van der Waals surface area (Å²) in [6.07, 6.45) is 3.39. The van der Waals surface area contributed by atoms with Crippen LogP contribution in [0.4, 0.5) is 0 Å². The van der Waals surface area contributed by atoms with Gasteiger partial charge >= 0.3 is 0 Å². The molecule has 2 aliphatic heterocycles. The van der Waals surface area contributed by atoms with E-state index < -0.39 is 0 Å². The second-order valence-corrected chi connectivity index (χ2v) is 7.72. The Bertz CT molecular complexity index is 682. The van der Waals surface area contributed by atoms with E-state index >= 15 is 0 Å². The van der Waals surface area contributed by atoms with Crippen molar-refractivity contribution in [2.75, 3.05) is 26.3 Å². The lowest BCUT2D eigenvalue weighted by Crippen LogP contribution is -2.29. The molecule has 1 aromatic heterocycles. The van der Waals surface area contributed by atoms with E-state index in [1.54, 1.807) is 0 Å². The molecule has 0 spiro atoms. The minimum Gasteiger partial charge on any atom is -0.381 e. The summed E-state index contributed by atoms with van der Waals surface area (Å²) in [6.45, 7) is 7.99. The molecule has 0 aliphatic carbocycles. The number of ether oxygens (including phenoxy) is 1. The number of aromatic nitrogens is 4. The average Bonchev–Trinajstić information content (AvgIpc) is 3.25. The summed E-state index contributed by atoms with van der Waals surface area (Å²) >= 11 is 0. The van der Waals surface area contributed by atoms with E-state index in [9.17, 15) is 0 Å². The zero-order valence-electron chi connectivity index (χ0n) is 15.0. The van der Waals surface area contributed by atoms with Crippen LogP contribution < -0.4 is 0 Å². The molecule has 2 aliphatic rings. The monoisotopic (exact) mass is 341 g/mol. The van der Waals surface area contributed by atoms with Crippen molar-refractivity contribution in [3.05, 3.63) is 41.7 Å². The van der Waals surface area contributed by atoms with Crippen LogP contribution in [0.1, 0.15) is 37.6 Å². The van der Waals surface area contributed by atoms with Crippen molar-refractivity contribution in [3.63, 3.8) is 0 Å². The SMILES string of the molecule is CC1(c2ccccc2)CCN(Cc2nnnn2CC2CCOCC2)C1. The highest BCUT2D eigenvalue weighted by molar-refractivity contribution is 5.26. The molecule has 0 saturated carbocycles. The highest BCUT2D eigenvalue weighted by Gasteiger charge is 2.35. The number of hydrogen-bond donors (Lipinski definition) is 0. The molecule has 1 atom stereocenters. The van der Waals surface area contributed by atoms with Crippen molar-refractivity contribution in [2.24, 2.45) is 5.92 Å². The van der Waals surface area contributed by atoms with Crippen LogP contribution in [0.3, 0.4) is 0 Å². The van der Waals surface area contributed by atoms with Gasteiger partial charge in [-0.3, -0.25) is 4.90 Å². The van der Waals surface area contributed by atoms with Gasteiger partial charge < -0.3 is 4.74 Å². The first kappa shape index (κ1) is 16.7. The van der Waals surface area contributed by atoms with Crippen molar-refractivity contribution in [3.8, 4) is 0 Å². The molecule has 3 heterocycles. The van der Waals surface area contributed by atoms with Crippen molar-refractivity contribution in [1.29, 1.82) is 0 Å². The maximum Gasteiger partial charge on any atom is 0.165 e. The van der Waals surface area contributed by atoms with Gasteiger partial charge in [-0.1, -0.05) is 37.3 Å². The normalized spacial score (nSPS) is 25.5. The van der Waals surface area contributed by atoms with Crippen LogP contribution in [0.15, 0.2) is 30.3 Å². The highest BCUT2D eigenvalue weighted by atomic mass is 16.5. The molecule has 0 amide bonds. The van der Waals surface area contributed by atoms with Gasteiger partial charge in [0, 0.05) is 31.7 Å². The van der Waals surface area contributed by atoms with Crippen molar-refractivity contribution in [2.45, 2.75) is 44.7 Å². The molecule has 2 fully saturated rings. The average molecular weight is 341 g/mol. The van der Waals surface area contributed by atoms with Crippen molar-refractivity contribution < 1.29 is 4.74 Å². The molecule has 0 N–H and O–H groups in total. The van der Waals surface area contributed by atoms with Crippen molar-refractivity contribution in [1.82, 2.24) is 25.1 Å². The lowest BCUT2D eigenvalue weighted by atomic mass is 9.82. The summed E-state index contributed by atoms with van der Waals surface area (Å²) in [5, 5.41) is 12.5. The van der Waals surface area contributed by atoms with Crippen LogP contribution in [0, 0.1) is 5.92 Å². The van der Waals surface area contributed by atoms with E-state index in [1.165, 1.54) is 12.0 Å². The van der Waals surface area contributed by atoms with E-state index in [0.717, 1.165) is 58.1 Å². The summed E-state index contributed by atoms with van der Waals surface area (Å²) in [5.74, 6) is 1.62. The zero-order chi connectivity index (χ0) is 17.1. The van der Waals surface area contributed by atoms with Crippen LogP contribution in [0.25, 0.3) is 0 Å². The molecular weight excluding hydrogens is 314 g/mol. The third kappa shape index (κ3) is 3.75. The standard InChI is InChI=1S/C19H27N5O/c1-19(17-5-3-2-4-6-17)9-10-23(15-19)14-18-20-21-22-24(18)13-16-7-11-25-12-8-16/h2-6,16H,7-15H2,1H3. The predicted molar refractivity (Wildman–Crippen MR) is 95.0 cm³/mol.